The van der Waals surface area contributed by atoms with Gasteiger partial charge >= 0.3 is 0 Å². The Morgan fingerprint density at radius 3 is 3.00 bits per heavy atom. The predicted molar refractivity (Wildman–Crippen MR) is 71.9 cm³/mol. The van der Waals surface area contributed by atoms with Gasteiger partial charge in [0, 0.05) is 24.6 Å². The van der Waals surface area contributed by atoms with Gasteiger partial charge in [0.2, 0.25) is 5.91 Å². The van der Waals surface area contributed by atoms with Gasteiger partial charge in [-0.3, -0.25) is 4.79 Å². The van der Waals surface area contributed by atoms with Crippen molar-refractivity contribution in [1.82, 2.24) is 10.2 Å². The average molecular weight is 297 g/mol. The van der Waals surface area contributed by atoms with E-state index in [2.05, 4.69) is 39.4 Å². The first-order chi connectivity index (χ1) is 8.09. The molecule has 0 bridgehead atoms. The molecule has 0 heterocycles. The summed E-state index contributed by atoms with van der Waals surface area (Å²) >= 11 is 3.58. The van der Waals surface area contributed by atoms with Crippen molar-refractivity contribution < 1.29 is 4.79 Å². The Morgan fingerprint density at radius 1 is 1.53 bits per heavy atom. The number of benzene rings is 1. The van der Waals surface area contributed by atoms with E-state index in [1.165, 1.54) is 15.6 Å². The molecule has 1 aromatic rings. The number of likely N-dealkylation sites (N-methyl/N-ethyl adjacent to an activating group) is 1. The lowest BCUT2D eigenvalue weighted by molar-refractivity contribution is -0.127. The van der Waals surface area contributed by atoms with E-state index in [0.717, 1.165) is 12.8 Å². The van der Waals surface area contributed by atoms with Crippen molar-refractivity contribution in [2.45, 2.75) is 18.9 Å². The van der Waals surface area contributed by atoms with Crippen LogP contribution in [-0.2, 0) is 11.2 Å². The molecule has 0 fully saturated rings. The fourth-order valence-electron chi connectivity index (χ4n) is 2.19. The van der Waals surface area contributed by atoms with Crippen molar-refractivity contribution in [3.63, 3.8) is 0 Å². The van der Waals surface area contributed by atoms with Gasteiger partial charge in [0.25, 0.3) is 0 Å². The molecule has 0 spiro atoms. The second kappa shape index (κ2) is 5.19. The van der Waals surface area contributed by atoms with Gasteiger partial charge in [-0.15, -0.1) is 0 Å². The van der Waals surface area contributed by atoms with E-state index in [0.29, 0.717) is 12.6 Å². The Bertz CT molecular complexity index is 431. The SMILES string of the molecule is CN(C)C(=O)CNC1CCc2c(Br)cccc21. The van der Waals surface area contributed by atoms with Crippen LogP contribution in [0.4, 0.5) is 0 Å². The molecule has 17 heavy (non-hydrogen) atoms. The summed E-state index contributed by atoms with van der Waals surface area (Å²) in [5, 5.41) is 3.33. The van der Waals surface area contributed by atoms with Gasteiger partial charge in [0.15, 0.2) is 0 Å². The van der Waals surface area contributed by atoms with E-state index < -0.39 is 0 Å². The zero-order chi connectivity index (χ0) is 12.4. The van der Waals surface area contributed by atoms with Crippen LogP contribution in [0.15, 0.2) is 22.7 Å². The largest absolute Gasteiger partial charge is 0.348 e. The Balaban J connectivity index is 2.03. The minimum Gasteiger partial charge on any atom is -0.348 e. The molecular formula is C13H17BrN2O. The summed E-state index contributed by atoms with van der Waals surface area (Å²) in [5.74, 6) is 0.119. The first-order valence-electron chi connectivity index (χ1n) is 5.80. The number of rotatable bonds is 3. The van der Waals surface area contributed by atoms with Gasteiger partial charge < -0.3 is 10.2 Å². The van der Waals surface area contributed by atoms with Crippen LogP contribution in [0.2, 0.25) is 0 Å². The minimum absolute atomic E-state index is 0.119. The van der Waals surface area contributed by atoms with Crippen molar-refractivity contribution in [3.05, 3.63) is 33.8 Å². The highest BCUT2D eigenvalue weighted by Gasteiger charge is 2.24. The van der Waals surface area contributed by atoms with Crippen LogP contribution in [0.25, 0.3) is 0 Å². The molecule has 1 aromatic carbocycles. The highest BCUT2D eigenvalue weighted by Crippen LogP contribution is 2.35. The van der Waals surface area contributed by atoms with Crippen molar-refractivity contribution in [3.8, 4) is 0 Å². The fraction of sp³-hybridized carbons (Fsp3) is 0.462. The molecule has 0 radical (unpaired) electrons. The van der Waals surface area contributed by atoms with Gasteiger partial charge in [-0.2, -0.15) is 0 Å². The number of carbonyl (C=O) groups excluding carboxylic acids is 1. The van der Waals surface area contributed by atoms with E-state index in [9.17, 15) is 4.79 Å². The third-order valence-corrected chi connectivity index (χ3v) is 3.95. The molecule has 0 saturated carbocycles. The van der Waals surface area contributed by atoms with E-state index in [1.807, 2.05) is 0 Å². The topological polar surface area (TPSA) is 32.3 Å². The number of halogens is 1. The Kier molecular flexibility index (Phi) is 3.84. The van der Waals surface area contributed by atoms with Gasteiger partial charge in [-0.1, -0.05) is 28.1 Å². The van der Waals surface area contributed by atoms with Gasteiger partial charge in [-0.05, 0) is 30.0 Å². The van der Waals surface area contributed by atoms with E-state index in [1.54, 1.807) is 19.0 Å². The van der Waals surface area contributed by atoms with E-state index in [-0.39, 0.29) is 5.91 Å². The molecule has 3 nitrogen and oxygen atoms in total. The van der Waals surface area contributed by atoms with E-state index >= 15 is 0 Å². The van der Waals surface area contributed by atoms with Crippen LogP contribution in [0.3, 0.4) is 0 Å². The number of fused-ring (bicyclic) bond motifs is 1. The first kappa shape index (κ1) is 12.6. The summed E-state index contributed by atoms with van der Waals surface area (Å²) < 4.78 is 1.18. The molecular weight excluding hydrogens is 280 g/mol. The van der Waals surface area contributed by atoms with Crippen molar-refractivity contribution in [1.29, 1.82) is 0 Å². The summed E-state index contributed by atoms with van der Waals surface area (Å²) in [6, 6.07) is 6.58. The molecule has 1 aliphatic rings. The van der Waals surface area contributed by atoms with Crippen molar-refractivity contribution >= 4 is 21.8 Å². The lowest BCUT2D eigenvalue weighted by Crippen LogP contribution is -2.34. The number of nitrogens with zero attached hydrogens (tertiary/aromatic N) is 1. The molecule has 92 valence electrons. The number of nitrogens with one attached hydrogen (secondary N) is 1. The highest BCUT2D eigenvalue weighted by molar-refractivity contribution is 9.10. The van der Waals surface area contributed by atoms with Crippen molar-refractivity contribution in [2.75, 3.05) is 20.6 Å². The van der Waals surface area contributed by atoms with Crippen LogP contribution in [0, 0.1) is 0 Å². The van der Waals surface area contributed by atoms with Crippen LogP contribution in [0.5, 0.6) is 0 Å². The second-order valence-electron chi connectivity index (χ2n) is 4.57. The molecule has 1 N–H and O–H groups in total. The molecule has 0 aromatic heterocycles. The third kappa shape index (κ3) is 2.69. The van der Waals surface area contributed by atoms with Crippen LogP contribution in [-0.4, -0.2) is 31.4 Å². The zero-order valence-corrected chi connectivity index (χ0v) is 11.8. The lowest BCUT2D eigenvalue weighted by Gasteiger charge is -2.16. The second-order valence-corrected chi connectivity index (χ2v) is 5.42. The summed E-state index contributed by atoms with van der Waals surface area (Å²) in [6.07, 6.45) is 2.14. The van der Waals surface area contributed by atoms with Gasteiger partial charge in [-0.25, -0.2) is 0 Å². The summed E-state index contributed by atoms with van der Waals surface area (Å²) in [7, 11) is 3.56. The number of amides is 1. The monoisotopic (exact) mass is 296 g/mol. The molecule has 0 aliphatic heterocycles. The van der Waals surface area contributed by atoms with E-state index in [4.69, 9.17) is 0 Å². The standard InChI is InChI=1S/C13H17BrN2O/c1-16(2)13(17)8-15-12-7-6-9-10(12)4-3-5-11(9)14/h3-5,12,15H,6-8H2,1-2H3. The van der Waals surface area contributed by atoms with Gasteiger partial charge in [0.05, 0.1) is 6.54 Å². The number of hydrogen-bond donors (Lipinski definition) is 1. The smallest absolute Gasteiger partial charge is 0.236 e. The maximum absolute atomic E-state index is 11.5. The Labute approximate surface area is 110 Å². The maximum atomic E-state index is 11.5. The van der Waals surface area contributed by atoms with Crippen LogP contribution >= 0.6 is 15.9 Å². The molecule has 0 saturated heterocycles. The molecule has 1 aliphatic carbocycles. The first-order valence-corrected chi connectivity index (χ1v) is 6.59. The quantitative estimate of drug-likeness (QED) is 0.927. The number of carbonyl (C=O) groups is 1. The van der Waals surface area contributed by atoms with Crippen molar-refractivity contribution in [2.24, 2.45) is 0 Å². The lowest BCUT2D eigenvalue weighted by atomic mass is 10.1. The molecule has 1 atom stereocenters. The van der Waals surface area contributed by atoms with Crippen LogP contribution < -0.4 is 5.32 Å². The number of hydrogen-bond acceptors (Lipinski definition) is 2. The summed E-state index contributed by atoms with van der Waals surface area (Å²) in [6.45, 7) is 0.406. The molecule has 1 unspecified atom stereocenters. The fourth-order valence-corrected chi connectivity index (χ4v) is 2.77. The minimum atomic E-state index is 0.119. The zero-order valence-electron chi connectivity index (χ0n) is 10.2. The predicted octanol–water partition coefficient (Wildman–Crippen LogP) is 2.11. The normalized spacial score (nSPS) is 17.9. The van der Waals surface area contributed by atoms with Gasteiger partial charge in [0.1, 0.15) is 0 Å². The summed E-state index contributed by atoms with van der Waals surface area (Å²) in [5.41, 5.74) is 2.70. The highest BCUT2D eigenvalue weighted by atomic mass is 79.9. The molecule has 2 rings (SSSR count). The maximum Gasteiger partial charge on any atom is 0.236 e. The average Bonchev–Trinajstić information content (AvgIpc) is 2.70. The summed E-state index contributed by atoms with van der Waals surface area (Å²) in [4.78, 5) is 13.1. The molecule has 4 heteroatoms. The van der Waals surface area contributed by atoms with Crippen LogP contribution in [0.1, 0.15) is 23.6 Å². The Morgan fingerprint density at radius 2 is 2.29 bits per heavy atom. The third-order valence-electron chi connectivity index (χ3n) is 3.21. The molecule has 1 amide bonds. The Hall–Kier alpha value is -0.870.